The first kappa shape index (κ1) is 14.5. The van der Waals surface area contributed by atoms with E-state index in [1.807, 2.05) is 6.92 Å². The van der Waals surface area contributed by atoms with Gasteiger partial charge in [0.15, 0.2) is 0 Å². The number of rotatable bonds is 7. The predicted molar refractivity (Wildman–Crippen MR) is 70.9 cm³/mol. The van der Waals surface area contributed by atoms with E-state index in [4.69, 9.17) is 4.74 Å². The first-order valence-corrected chi connectivity index (χ1v) is 6.30. The Bertz CT molecular complexity index is 391. The molecule has 4 nitrogen and oxygen atoms in total. The molecule has 100 valence electrons. The second kappa shape index (κ2) is 7.71. The lowest BCUT2D eigenvalue weighted by molar-refractivity contribution is 0.0910. The minimum absolute atomic E-state index is 0.00463. The van der Waals surface area contributed by atoms with Crippen molar-refractivity contribution in [1.29, 1.82) is 0 Å². The highest BCUT2D eigenvalue weighted by molar-refractivity contribution is 5.96. The normalized spacial score (nSPS) is 10.3. The van der Waals surface area contributed by atoms with Gasteiger partial charge >= 0.3 is 0 Å². The van der Waals surface area contributed by atoms with Crippen molar-refractivity contribution >= 4 is 5.91 Å². The van der Waals surface area contributed by atoms with Gasteiger partial charge in [0.2, 0.25) is 0 Å². The van der Waals surface area contributed by atoms with Crippen LogP contribution in [0.15, 0.2) is 18.2 Å². The smallest absolute Gasteiger partial charge is 0.255 e. The maximum absolute atomic E-state index is 11.8. The molecule has 1 aromatic carbocycles. The molecule has 0 aliphatic heterocycles. The van der Waals surface area contributed by atoms with Crippen LogP contribution in [-0.2, 0) is 4.74 Å². The predicted octanol–water partition coefficient (Wildman–Crippen LogP) is 2.25. The van der Waals surface area contributed by atoms with Gasteiger partial charge < -0.3 is 15.2 Å². The minimum atomic E-state index is -0.268. The van der Waals surface area contributed by atoms with Gasteiger partial charge in [-0.05, 0) is 25.5 Å². The molecular weight excluding hydrogens is 230 g/mol. The van der Waals surface area contributed by atoms with Crippen molar-refractivity contribution in [3.8, 4) is 5.75 Å². The number of aromatic hydroxyl groups is 1. The van der Waals surface area contributed by atoms with Gasteiger partial charge in [-0.1, -0.05) is 25.0 Å². The Hall–Kier alpha value is -1.55. The molecule has 0 heterocycles. The number of benzene rings is 1. The molecule has 0 aliphatic carbocycles. The molecule has 2 N–H and O–H groups in total. The van der Waals surface area contributed by atoms with Gasteiger partial charge in [-0.3, -0.25) is 4.79 Å². The summed E-state index contributed by atoms with van der Waals surface area (Å²) in [7, 11) is 0. The van der Waals surface area contributed by atoms with Crippen molar-refractivity contribution in [3.05, 3.63) is 29.3 Å². The fourth-order valence-electron chi connectivity index (χ4n) is 1.51. The van der Waals surface area contributed by atoms with E-state index in [0.29, 0.717) is 18.7 Å². The molecule has 0 saturated carbocycles. The van der Waals surface area contributed by atoms with Crippen LogP contribution in [0.4, 0.5) is 0 Å². The number of hydrogen-bond donors (Lipinski definition) is 2. The Morgan fingerprint density at radius 1 is 1.39 bits per heavy atom. The van der Waals surface area contributed by atoms with Crippen molar-refractivity contribution < 1.29 is 14.6 Å². The molecule has 1 aromatic rings. The maximum Gasteiger partial charge on any atom is 0.255 e. The monoisotopic (exact) mass is 251 g/mol. The number of unbranched alkanes of at least 4 members (excludes halogenated alkanes) is 1. The molecule has 0 aliphatic rings. The summed E-state index contributed by atoms with van der Waals surface area (Å²) < 4.78 is 5.34. The number of hydrogen-bond acceptors (Lipinski definition) is 3. The second-order valence-corrected chi connectivity index (χ2v) is 4.24. The van der Waals surface area contributed by atoms with E-state index >= 15 is 0 Å². The minimum Gasteiger partial charge on any atom is -0.507 e. The lowest BCUT2D eigenvalue weighted by Gasteiger charge is -2.08. The zero-order chi connectivity index (χ0) is 13.4. The van der Waals surface area contributed by atoms with E-state index in [9.17, 15) is 9.90 Å². The lowest BCUT2D eigenvalue weighted by Crippen LogP contribution is -2.27. The lowest BCUT2D eigenvalue weighted by atomic mass is 10.1. The number of phenolic OH excluding ortho intramolecular Hbond substituents is 1. The molecule has 0 saturated heterocycles. The van der Waals surface area contributed by atoms with Crippen LogP contribution in [0.1, 0.15) is 35.7 Å². The largest absolute Gasteiger partial charge is 0.507 e. The van der Waals surface area contributed by atoms with Crippen LogP contribution in [0.25, 0.3) is 0 Å². The summed E-state index contributed by atoms with van der Waals surface area (Å²) in [6.07, 6.45) is 2.14. The third kappa shape index (κ3) is 4.75. The molecule has 0 bridgehead atoms. The van der Waals surface area contributed by atoms with Crippen LogP contribution in [0.5, 0.6) is 5.75 Å². The Balaban J connectivity index is 2.34. The number of amides is 1. The van der Waals surface area contributed by atoms with Crippen LogP contribution in [0, 0.1) is 6.92 Å². The van der Waals surface area contributed by atoms with Crippen LogP contribution in [0.2, 0.25) is 0 Å². The van der Waals surface area contributed by atoms with Gasteiger partial charge in [-0.2, -0.15) is 0 Å². The van der Waals surface area contributed by atoms with E-state index in [0.717, 1.165) is 25.0 Å². The second-order valence-electron chi connectivity index (χ2n) is 4.24. The van der Waals surface area contributed by atoms with Gasteiger partial charge in [0, 0.05) is 13.2 Å². The quantitative estimate of drug-likeness (QED) is 0.731. The zero-order valence-corrected chi connectivity index (χ0v) is 11.0. The van der Waals surface area contributed by atoms with E-state index in [1.165, 1.54) is 6.07 Å². The van der Waals surface area contributed by atoms with Gasteiger partial charge in [0.1, 0.15) is 5.75 Å². The number of carbonyl (C=O) groups excluding carboxylic acids is 1. The zero-order valence-electron chi connectivity index (χ0n) is 11.0. The summed E-state index contributed by atoms with van der Waals surface area (Å²) in [6, 6.07) is 4.96. The summed E-state index contributed by atoms with van der Waals surface area (Å²) in [5.41, 5.74) is 1.25. The molecule has 0 fully saturated rings. The highest BCUT2D eigenvalue weighted by atomic mass is 16.5. The Morgan fingerprint density at radius 3 is 2.89 bits per heavy atom. The Kier molecular flexibility index (Phi) is 6.22. The number of aryl methyl sites for hydroxylation is 1. The van der Waals surface area contributed by atoms with E-state index in [-0.39, 0.29) is 11.7 Å². The van der Waals surface area contributed by atoms with E-state index in [1.54, 1.807) is 12.1 Å². The van der Waals surface area contributed by atoms with Crippen LogP contribution < -0.4 is 5.32 Å². The van der Waals surface area contributed by atoms with Gasteiger partial charge in [0.05, 0.1) is 12.2 Å². The van der Waals surface area contributed by atoms with Crippen molar-refractivity contribution in [2.24, 2.45) is 0 Å². The van der Waals surface area contributed by atoms with Crippen molar-refractivity contribution in [2.45, 2.75) is 26.7 Å². The third-order valence-electron chi connectivity index (χ3n) is 2.57. The highest BCUT2D eigenvalue weighted by Gasteiger charge is 2.10. The van der Waals surface area contributed by atoms with Crippen LogP contribution in [0.3, 0.4) is 0 Å². The fourth-order valence-corrected chi connectivity index (χ4v) is 1.51. The molecule has 0 radical (unpaired) electrons. The number of phenols is 1. The van der Waals surface area contributed by atoms with Gasteiger partial charge in [-0.25, -0.2) is 0 Å². The van der Waals surface area contributed by atoms with Crippen molar-refractivity contribution in [2.75, 3.05) is 19.8 Å². The summed E-state index contributed by atoms with van der Waals surface area (Å²) in [6.45, 7) is 5.66. The Labute approximate surface area is 108 Å². The topological polar surface area (TPSA) is 58.6 Å². The first-order valence-electron chi connectivity index (χ1n) is 6.30. The molecule has 1 amide bonds. The summed E-state index contributed by atoms with van der Waals surface area (Å²) in [5, 5.41) is 12.3. The third-order valence-corrected chi connectivity index (χ3v) is 2.57. The van der Waals surface area contributed by atoms with Crippen molar-refractivity contribution in [3.63, 3.8) is 0 Å². The first-order chi connectivity index (χ1) is 8.65. The van der Waals surface area contributed by atoms with E-state index in [2.05, 4.69) is 12.2 Å². The summed E-state index contributed by atoms with van der Waals surface area (Å²) in [5.74, 6) is -0.264. The average molecular weight is 251 g/mol. The molecular formula is C14H21NO3. The fraction of sp³-hybridized carbons (Fsp3) is 0.500. The molecule has 1 rings (SSSR count). The Morgan fingerprint density at radius 2 is 2.17 bits per heavy atom. The van der Waals surface area contributed by atoms with Crippen LogP contribution in [-0.4, -0.2) is 30.8 Å². The van der Waals surface area contributed by atoms with Crippen molar-refractivity contribution in [1.82, 2.24) is 5.32 Å². The number of ether oxygens (including phenoxy) is 1. The van der Waals surface area contributed by atoms with Crippen LogP contribution >= 0.6 is 0 Å². The number of nitrogens with one attached hydrogen (secondary N) is 1. The average Bonchev–Trinajstić information content (AvgIpc) is 2.36. The molecule has 18 heavy (non-hydrogen) atoms. The molecule has 0 aromatic heterocycles. The molecule has 4 heteroatoms. The highest BCUT2D eigenvalue weighted by Crippen LogP contribution is 2.17. The number of carbonyl (C=O) groups is 1. The van der Waals surface area contributed by atoms with Gasteiger partial charge in [-0.15, -0.1) is 0 Å². The SMILES string of the molecule is CCCCOCCNC(=O)c1cc(C)ccc1O. The molecule has 0 atom stereocenters. The standard InChI is InChI=1S/C14H21NO3/c1-3-4-8-18-9-7-15-14(17)12-10-11(2)5-6-13(12)16/h5-6,10,16H,3-4,7-9H2,1-2H3,(H,15,17). The van der Waals surface area contributed by atoms with E-state index < -0.39 is 0 Å². The molecule has 0 unspecified atom stereocenters. The maximum atomic E-state index is 11.8. The van der Waals surface area contributed by atoms with Gasteiger partial charge in [0.25, 0.3) is 5.91 Å². The summed E-state index contributed by atoms with van der Waals surface area (Å²) >= 11 is 0. The molecule has 0 spiro atoms. The summed E-state index contributed by atoms with van der Waals surface area (Å²) in [4.78, 5) is 11.8.